The van der Waals surface area contributed by atoms with Crippen LogP contribution < -0.4 is 5.32 Å². The molecule has 34 heavy (non-hydrogen) atoms. The molecule has 182 valence electrons. The SMILES string of the molecule is CCS(=O)(=O)c1nn2c(NC(C)C(F)(F)F)ccnc2c1-c1nc2ccc(C(F)(F)F)cn2n1. The number of alkyl halides is 6. The summed E-state index contributed by atoms with van der Waals surface area (Å²) >= 11 is 0. The van der Waals surface area contributed by atoms with Gasteiger partial charge in [0.05, 0.1) is 11.3 Å². The topological polar surface area (TPSA) is 107 Å². The number of hydrogen-bond donors (Lipinski definition) is 1. The van der Waals surface area contributed by atoms with Gasteiger partial charge in [-0.05, 0) is 25.1 Å². The van der Waals surface area contributed by atoms with Gasteiger partial charge in [0.25, 0.3) is 0 Å². The van der Waals surface area contributed by atoms with Gasteiger partial charge >= 0.3 is 12.4 Å². The number of aromatic nitrogens is 6. The van der Waals surface area contributed by atoms with Crippen LogP contribution in [0.5, 0.6) is 0 Å². The maximum atomic E-state index is 13.1. The zero-order valence-corrected chi connectivity index (χ0v) is 18.2. The fraction of sp³-hybridized carbons (Fsp3) is 0.333. The molecule has 0 saturated heterocycles. The number of fused-ring (bicyclic) bond motifs is 2. The molecular weight excluding hydrogens is 492 g/mol. The maximum Gasteiger partial charge on any atom is 0.417 e. The van der Waals surface area contributed by atoms with Crippen LogP contribution in [0.2, 0.25) is 0 Å². The molecule has 4 aromatic heterocycles. The van der Waals surface area contributed by atoms with Gasteiger partial charge in [0.2, 0.25) is 0 Å². The molecule has 4 heterocycles. The molecule has 4 rings (SSSR count). The molecule has 1 atom stereocenters. The molecule has 4 aromatic rings. The number of sulfone groups is 1. The van der Waals surface area contributed by atoms with Gasteiger partial charge < -0.3 is 5.32 Å². The number of pyridine rings is 1. The highest BCUT2D eigenvalue weighted by atomic mass is 32.2. The Labute approximate surface area is 187 Å². The van der Waals surface area contributed by atoms with E-state index in [1.54, 1.807) is 0 Å². The number of nitrogens with zero attached hydrogens (tertiary/aromatic N) is 6. The van der Waals surface area contributed by atoms with E-state index in [1.165, 1.54) is 13.0 Å². The van der Waals surface area contributed by atoms with E-state index in [4.69, 9.17) is 0 Å². The van der Waals surface area contributed by atoms with Crippen molar-refractivity contribution in [2.24, 2.45) is 0 Å². The Morgan fingerprint density at radius 1 is 1.09 bits per heavy atom. The number of nitrogens with one attached hydrogen (secondary N) is 1. The fourth-order valence-electron chi connectivity index (χ4n) is 3.05. The lowest BCUT2D eigenvalue weighted by atomic mass is 10.3. The van der Waals surface area contributed by atoms with Crippen LogP contribution in [0.15, 0.2) is 35.6 Å². The van der Waals surface area contributed by atoms with Gasteiger partial charge in [-0.15, -0.1) is 5.10 Å². The van der Waals surface area contributed by atoms with Gasteiger partial charge in [0.1, 0.15) is 17.4 Å². The highest BCUT2D eigenvalue weighted by molar-refractivity contribution is 7.91. The fourth-order valence-corrected chi connectivity index (χ4v) is 4.02. The minimum absolute atomic E-state index is 0.0258. The van der Waals surface area contributed by atoms with Crippen LogP contribution >= 0.6 is 0 Å². The van der Waals surface area contributed by atoms with E-state index in [0.717, 1.165) is 34.3 Å². The van der Waals surface area contributed by atoms with Gasteiger partial charge in [-0.1, -0.05) is 6.92 Å². The minimum atomic E-state index is -4.65. The lowest BCUT2D eigenvalue weighted by molar-refractivity contribution is -0.139. The Balaban J connectivity index is 1.96. The molecule has 9 nitrogen and oxygen atoms in total. The molecule has 0 radical (unpaired) electrons. The molecule has 0 amide bonds. The number of rotatable bonds is 5. The summed E-state index contributed by atoms with van der Waals surface area (Å²) in [6.45, 7) is 2.19. The number of anilines is 1. The molecule has 0 aliphatic rings. The molecule has 0 aliphatic carbocycles. The van der Waals surface area contributed by atoms with E-state index in [1.807, 2.05) is 0 Å². The highest BCUT2D eigenvalue weighted by Gasteiger charge is 2.37. The van der Waals surface area contributed by atoms with Gasteiger partial charge in [-0.25, -0.2) is 22.9 Å². The van der Waals surface area contributed by atoms with Crippen molar-refractivity contribution in [3.8, 4) is 11.4 Å². The molecule has 0 bridgehead atoms. The number of hydrogen-bond acceptors (Lipinski definition) is 7. The van der Waals surface area contributed by atoms with Gasteiger partial charge in [-0.2, -0.15) is 36.0 Å². The Kier molecular flexibility index (Phi) is 5.45. The molecule has 16 heteroatoms. The first-order chi connectivity index (χ1) is 15.7. The quantitative estimate of drug-likeness (QED) is 0.412. The van der Waals surface area contributed by atoms with Gasteiger partial charge in [0, 0.05) is 12.4 Å². The molecule has 0 fully saturated rings. The third-order valence-corrected chi connectivity index (χ3v) is 6.53. The van der Waals surface area contributed by atoms with Crippen molar-refractivity contribution in [2.45, 2.75) is 37.3 Å². The standard InChI is InChI=1S/C18H15F6N7O2S/c1-3-34(32,33)16-13(14-27-11-5-4-10(18(22,23)24)8-30(11)28-14)15-25-7-6-12(31(15)29-16)26-9(2)17(19,20)21/h4-9,26H,3H2,1-2H3. The first kappa shape index (κ1) is 23.7. The summed E-state index contributed by atoms with van der Waals surface area (Å²) in [5, 5.41) is 9.57. The zero-order valence-electron chi connectivity index (χ0n) is 17.3. The third kappa shape index (κ3) is 4.12. The Morgan fingerprint density at radius 3 is 2.41 bits per heavy atom. The molecule has 0 spiro atoms. The Morgan fingerprint density at radius 2 is 1.79 bits per heavy atom. The largest absolute Gasteiger partial charge is 0.417 e. The van der Waals surface area contributed by atoms with Crippen molar-refractivity contribution in [3.05, 3.63) is 36.2 Å². The molecule has 0 aliphatic heterocycles. The van der Waals surface area contributed by atoms with E-state index >= 15 is 0 Å². The van der Waals surface area contributed by atoms with Crippen molar-refractivity contribution < 1.29 is 34.8 Å². The average molecular weight is 507 g/mol. The van der Waals surface area contributed by atoms with Crippen molar-refractivity contribution in [1.82, 2.24) is 29.2 Å². The Hall–Kier alpha value is -3.43. The van der Waals surface area contributed by atoms with E-state index in [2.05, 4.69) is 25.5 Å². The molecule has 0 saturated carbocycles. The summed E-state index contributed by atoms with van der Waals surface area (Å²) < 4.78 is 105. The van der Waals surface area contributed by atoms with Crippen LogP contribution in [-0.2, 0) is 16.0 Å². The summed E-state index contributed by atoms with van der Waals surface area (Å²) in [6, 6.07) is 0.990. The summed E-state index contributed by atoms with van der Waals surface area (Å²) in [5.41, 5.74) is -1.48. The zero-order chi connectivity index (χ0) is 25.1. The van der Waals surface area contributed by atoms with E-state index in [0.29, 0.717) is 6.20 Å². The minimum Gasteiger partial charge on any atom is -0.359 e. The van der Waals surface area contributed by atoms with E-state index < -0.39 is 44.6 Å². The lowest BCUT2D eigenvalue weighted by Crippen LogP contribution is -2.33. The second-order valence-electron chi connectivity index (χ2n) is 7.21. The summed E-state index contributed by atoms with van der Waals surface area (Å²) in [4.78, 5) is 8.12. The van der Waals surface area contributed by atoms with Crippen LogP contribution in [0.1, 0.15) is 19.4 Å². The van der Waals surface area contributed by atoms with Crippen LogP contribution in [-0.4, -0.2) is 55.6 Å². The average Bonchev–Trinajstić information content (AvgIpc) is 3.33. The second-order valence-corrected chi connectivity index (χ2v) is 9.40. The Bertz CT molecular complexity index is 1490. The maximum absolute atomic E-state index is 13.1. The molecular formula is C18H15F6N7O2S. The molecule has 1 unspecified atom stereocenters. The predicted molar refractivity (Wildman–Crippen MR) is 107 cm³/mol. The molecule has 0 aromatic carbocycles. The van der Waals surface area contributed by atoms with Crippen LogP contribution in [0.3, 0.4) is 0 Å². The van der Waals surface area contributed by atoms with Crippen LogP contribution in [0, 0.1) is 0 Å². The molecule has 1 N–H and O–H groups in total. The van der Waals surface area contributed by atoms with Gasteiger partial charge in [-0.3, -0.25) is 0 Å². The van der Waals surface area contributed by atoms with Crippen molar-refractivity contribution in [1.29, 1.82) is 0 Å². The third-order valence-electron chi connectivity index (χ3n) is 4.90. The van der Waals surface area contributed by atoms with Crippen molar-refractivity contribution >= 4 is 26.9 Å². The first-order valence-electron chi connectivity index (χ1n) is 9.60. The van der Waals surface area contributed by atoms with E-state index in [-0.39, 0.29) is 28.5 Å². The van der Waals surface area contributed by atoms with Crippen LogP contribution in [0.25, 0.3) is 22.7 Å². The van der Waals surface area contributed by atoms with E-state index in [9.17, 15) is 34.8 Å². The lowest BCUT2D eigenvalue weighted by Gasteiger charge is -2.18. The van der Waals surface area contributed by atoms with Gasteiger partial charge in [0.15, 0.2) is 32.0 Å². The first-order valence-corrected chi connectivity index (χ1v) is 11.3. The monoisotopic (exact) mass is 507 g/mol. The number of halogens is 6. The smallest absolute Gasteiger partial charge is 0.359 e. The van der Waals surface area contributed by atoms with Crippen LogP contribution in [0.4, 0.5) is 32.2 Å². The summed E-state index contributed by atoms with van der Waals surface area (Å²) in [5.74, 6) is -0.941. The second kappa shape index (κ2) is 7.82. The van der Waals surface area contributed by atoms with Crippen molar-refractivity contribution in [3.63, 3.8) is 0 Å². The summed E-state index contributed by atoms with van der Waals surface area (Å²) in [7, 11) is -4.07. The normalized spacial score (nSPS) is 14.1. The van der Waals surface area contributed by atoms with Crippen molar-refractivity contribution in [2.75, 3.05) is 11.1 Å². The predicted octanol–water partition coefficient (Wildman–Crippen LogP) is 3.61. The highest BCUT2D eigenvalue weighted by Crippen LogP contribution is 2.33. The summed E-state index contributed by atoms with van der Waals surface area (Å²) in [6.07, 6.45) is -7.45.